The highest BCUT2D eigenvalue weighted by Gasteiger charge is 2.27. The van der Waals surface area contributed by atoms with E-state index in [2.05, 4.69) is 11.7 Å². The van der Waals surface area contributed by atoms with Crippen LogP contribution in [-0.2, 0) is 4.57 Å². The van der Waals surface area contributed by atoms with Gasteiger partial charge in [0.2, 0.25) is 0 Å². The summed E-state index contributed by atoms with van der Waals surface area (Å²) in [6.07, 6.45) is 5.78. The molecule has 0 aromatic heterocycles. The van der Waals surface area contributed by atoms with E-state index in [-0.39, 0.29) is 0 Å². The number of unbranched alkanes of at least 4 members (excludes halogenated alkanes) is 1. The van der Waals surface area contributed by atoms with E-state index in [0.29, 0.717) is 0 Å². The molecule has 0 heterocycles. The van der Waals surface area contributed by atoms with E-state index >= 15 is 0 Å². The zero-order valence-corrected chi connectivity index (χ0v) is 11.9. The molecule has 0 aliphatic heterocycles. The van der Waals surface area contributed by atoms with Gasteiger partial charge in [0.1, 0.15) is 0 Å². The highest BCUT2D eigenvalue weighted by Crippen LogP contribution is 2.45. The van der Waals surface area contributed by atoms with Crippen molar-refractivity contribution in [2.75, 3.05) is 28.2 Å². The minimum absolute atomic E-state index is 0.920. The van der Waals surface area contributed by atoms with Gasteiger partial charge in [-0.2, -0.15) is 0 Å². The van der Waals surface area contributed by atoms with Crippen molar-refractivity contribution in [3.05, 3.63) is 24.4 Å². The van der Waals surface area contributed by atoms with E-state index in [9.17, 15) is 4.57 Å². The van der Waals surface area contributed by atoms with E-state index in [1.807, 2.05) is 47.3 Å². The van der Waals surface area contributed by atoms with Crippen molar-refractivity contribution in [1.82, 2.24) is 14.4 Å². The Morgan fingerprint density at radius 2 is 1.75 bits per heavy atom. The van der Waals surface area contributed by atoms with Gasteiger partial charge in [0.15, 0.2) is 0 Å². The van der Waals surface area contributed by atoms with Crippen LogP contribution in [0.1, 0.15) is 19.8 Å². The lowest BCUT2D eigenvalue weighted by molar-refractivity contribution is 0.438. The molecule has 0 aliphatic rings. The van der Waals surface area contributed by atoms with Gasteiger partial charge < -0.3 is 5.09 Å². The molecule has 0 aliphatic carbocycles. The summed E-state index contributed by atoms with van der Waals surface area (Å²) in [4.78, 5) is 0. The summed E-state index contributed by atoms with van der Waals surface area (Å²) in [5.41, 5.74) is 0.938. The molecule has 94 valence electrons. The summed E-state index contributed by atoms with van der Waals surface area (Å²) in [6, 6.07) is 0. The predicted octanol–water partition coefficient (Wildman–Crippen LogP) is 2.68. The molecule has 0 atom stereocenters. The Bertz CT molecular complexity index is 286. The van der Waals surface area contributed by atoms with Gasteiger partial charge in [-0.25, -0.2) is 9.34 Å². The maximum absolute atomic E-state index is 12.5. The third-order valence-corrected chi connectivity index (χ3v) is 5.04. The van der Waals surface area contributed by atoms with Gasteiger partial charge in [0.05, 0.1) is 0 Å². The molecule has 0 fully saturated rings. The van der Waals surface area contributed by atoms with Crippen LogP contribution in [0.15, 0.2) is 24.4 Å². The van der Waals surface area contributed by atoms with E-state index in [1.165, 1.54) is 0 Å². The number of nitrogens with zero attached hydrogens (tertiary/aromatic N) is 2. The smallest absolute Gasteiger partial charge is 0.307 e. The predicted molar refractivity (Wildman–Crippen MR) is 71.3 cm³/mol. The minimum atomic E-state index is -2.65. The summed E-state index contributed by atoms with van der Waals surface area (Å²) in [5.74, 6) is 0. The molecule has 0 saturated heterocycles. The SMILES string of the molecule is C=CCC/C=C(/C)NP(=O)(N(C)C)N(C)C. The molecule has 1 N–H and O–H groups in total. The molecule has 4 nitrogen and oxygen atoms in total. The Kier molecular flexibility index (Phi) is 6.65. The molecule has 0 radical (unpaired) electrons. The van der Waals surface area contributed by atoms with Crippen LogP contribution in [0.3, 0.4) is 0 Å². The largest absolute Gasteiger partial charge is 0.317 e. The number of allylic oxidation sites excluding steroid dienone is 3. The standard InChI is InChI=1S/C11H24N3OP/c1-7-8-9-10-11(2)12-16(15,13(3)4)14(5)6/h7,10H,1,8-9H2,2-6H3,(H,12,15)/b11-10-. The average Bonchev–Trinajstić information content (AvgIpc) is 2.17. The van der Waals surface area contributed by atoms with Crippen LogP contribution >= 0.6 is 7.59 Å². The topological polar surface area (TPSA) is 35.6 Å². The summed E-state index contributed by atoms with van der Waals surface area (Å²) in [7, 11) is 4.60. The highest BCUT2D eigenvalue weighted by atomic mass is 31.2. The molecule has 0 aromatic carbocycles. The van der Waals surface area contributed by atoms with Crippen molar-refractivity contribution >= 4 is 7.59 Å². The van der Waals surface area contributed by atoms with Crippen LogP contribution in [0.2, 0.25) is 0 Å². The van der Waals surface area contributed by atoms with Crippen LogP contribution in [0.25, 0.3) is 0 Å². The Hall–Kier alpha value is -0.570. The zero-order valence-electron chi connectivity index (χ0n) is 11.0. The van der Waals surface area contributed by atoms with Crippen molar-refractivity contribution in [1.29, 1.82) is 0 Å². The quantitative estimate of drug-likeness (QED) is 0.425. The molecule has 0 spiro atoms. The molecule has 5 heteroatoms. The first-order valence-corrected chi connectivity index (χ1v) is 6.97. The van der Waals surface area contributed by atoms with Gasteiger partial charge in [-0.1, -0.05) is 12.2 Å². The van der Waals surface area contributed by atoms with Crippen molar-refractivity contribution in [2.24, 2.45) is 0 Å². The minimum Gasteiger partial charge on any atom is -0.317 e. The lowest BCUT2D eigenvalue weighted by atomic mass is 10.3. The fraction of sp³-hybridized carbons (Fsp3) is 0.636. The Balaban J connectivity index is 4.59. The summed E-state index contributed by atoms with van der Waals surface area (Å²) in [5, 5.41) is 3.09. The first-order valence-electron chi connectivity index (χ1n) is 5.36. The first-order chi connectivity index (χ1) is 7.34. The monoisotopic (exact) mass is 245 g/mol. The Morgan fingerprint density at radius 3 is 2.12 bits per heavy atom. The second-order valence-electron chi connectivity index (χ2n) is 4.10. The fourth-order valence-electron chi connectivity index (χ4n) is 1.25. The van der Waals surface area contributed by atoms with Crippen LogP contribution in [0, 0.1) is 0 Å². The molecule has 0 bridgehead atoms. The first kappa shape index (κ1) is 15.4. The molecule has 0 aromatic rings. The molecule has 0 unspecified atom stereocenters. The maximum atomic E-state index is 12.5. The number of hydrogen-bond donors (Lipinski definition) is 1. The lowest BCUT2D eigenvalue weighted by Crippen LogP contribution is -2.30. The third-order valence-electron chi connectivity index (χ3n) is 2.23. The summed E-state index contributed by atoms with van der Waals surface area (Å²) >= 11 is 0. The number of nitrogens with one attached hydrogen (secondary N) is 1. The summed E-state index contributed by atoms with van der Waals surface area (Å²) in [6.45, 7) is 5.60. The second kappa shape index (κ2) is 6.89. The summed E-state index contributed by atoms with van der Waals surface area (Å²) < 4.78 is 16.0. The molecular weight excluding hydrogens is 221 g/mol. The van der Waals surface area contributed by atoms with Crippen molar-refractivity contribution in [3.8, 4) is 0 Å². The zero-order chi connectivity index (χ0) is 12.8. The number of hydrogen-bond acceptors (Lipinski definition) is 1. The molecule has 0 amide bonds. The van der Waals surface area contributed by atoms with Crippen LogP contribution in [-0.4, -0.2) is 37.5 Å². The molecular formula is C11H24N3OP. The van der Waals surface area contributed by atoms with Gasteiger partial charge in [0, 0.05) is 5.70 Å². The van der Waals surface area contributed by atoms with E-state index in [1.54, 1.807) is 9.34 Å². The third kappa shape index (κ3) is 4.52. The highest BCUT2D eigenvalue weighted by molar-refractivity contribution is 7.57. The van der Waals surface area contributed by atoms with Gasteiger partial charge >= 0.3 is 7.59 Å². The van der Waals surface area contributed by atoms with Crippen LogP contribution in [0.5, 0.6) is 0 Å². The van der Waals surface area contributed by atoms with Crippen molar-refractivity contribution < 1.29 is 4.57 Å². The maximum Gasteiger partial charge on any atom is 0.307 e. The van der Waals surface area contributed by atoms with Crippen LogP contribution in [0.4, 0.5) is 0 Å². The normalized spacial score (nSPS) is 13.3. The molecule has 0 saturated carbocycles. The van der Waals surface area contributed by atoms with E-state index in [4.69, 9.17) is 0 Å². The van der Waals surface area contributed by atoms with E-state index < -0.39 is 7.59 Å². The van der Waals surface area contributed by atoms with Crippen molar-refractivity contribution in [2.45, 2.75) is 19.8 Å². The lowest BCUT2D eigenvalue weighted by Gasteiger charge is -2.31. The van der Waals surface area contributed by atoms with Gasteiger partial charge in [-0.3, -0.25) is 4.57 Å². The Labute approximate surface area is 99.5 Å². The van der Waals surface area contributed by atoms with E-state index in [0.717, 1.165) is 18.5 Å². The number of rotatable bonds is 7. The molecule has 0 rings (SSSR count). The van der Waals surface area contributed by atoms with Gasteiger partial charge in [-0.15, -0.1) is 6.58 Å². The fourth-order valence-corrected chi connectivity index (χ4v) is 2.92. The van der Waals surface area contributed by atoms with Crippen LogP contribution < -0.4 is 5.09 Å². The molecule has 16 heavy (non-hydrogen) atoms. The van der Waals surface area contributed by atoms with Gasteiger partial charge in [-0.05, 0) is 48.0 Å². The van der Waals surface area contributed by atoms with Crippen molar-refractivity contribution in [3.63, 3.8) is 0 Å². The second-order valence-corrected chi connectivity index (χ2v) is 7.02. The Morgan fingerprint density at radius 1 is 1.25 bits per heavy atom. The van der Waals surface area contributed by atoms with Gasteiger partial charge in [0.25, 0.3) is 0 Å². The average molecular weight is 245 g/mol.